The molecular weight excluding hydrogens is 380 g/mol. The van der Waals surface area contributed by atoms with Crippen LogP contribution < -0.4 is 4.74 Å². The molecule has 1 aliphatic heterocycles. The van der Waals surface area contributed by atoms with Crippen LogP contribution in [0.2, 0.25) is 0 Å². The van der Waals surface area contributed by atoms with Crippen LogP contribution in [-0.4, -0.2) is 29.1 Å². The number of rotatable bonds is 7. The largest absolute Gasteiger partial charge is 0.493 e. The molecule has 0 spiro atoms. The molecular formula is C24H28N2O2S. The summed E-state index contributed by atoms with van der Waals surface area (Å²) in [5.74, 6) is 1.24. The number of aliphatic imine (C=N–C) groups is 1. The number of aryl methyl sites for hydroxylation is 1. The Morgan fingerprint density at radius 2 is 1.86 bits per heavy atom. The molecule has 4 nitrogen and oxygen atoms in total. The van der Waals surface area contributed by atoms with Gasteiger partial charge in [-0.2, -0.15) is 0 Å². The van der Waals surface area contributed by atoms with E-state index >= 15 is 0 Å². The second-order valence-corrected chi connectivity index (χ2v) is 8.55. The van der Waals surface area contributed by atoms with E-state index in [1.165, 1.54) is 17.3 Å². The fourth-order valence-electron chi connectivity index (χ4n) is 2.87. The molecule has 1 fully saturated rings. The first-order valence-electron chi connectivity index (χ1n) is 10.1. The van der Waals surface area contributed by atoms with E-state index in [0.717, 1.165) is 28.6 Å². The van der Waals surface area contributed by atoms with E-state index in [-0.39, 0.29) is 5.91 Å². The van der Waals surface area contributed by atoms with Gasteiger partial charge in [0.1, 0.15) is 5.75 Å². The normalized spacial score (nSPS) is 17.0. The van der Waals surface area contributed by atoms with Crippen molar-refractivity contribution in [2.75, 3.05) is 13.2 Å². The van der Waals surface area contributed by atoms with Crippen molar-refractivity contribution in [3.63, 3.8) is 0 Å². The molecule has 0 radical (unpaired) electrons. The van der Waals surface area contributed by atoms with Crippen LogP contribution in [0.15, 0.2) is 58.4 Å². The lowest BCUT2D eigenvalue weighted by Gasteiger charge is -2.14. The highest BCUT2D eigenvalue weighted by atomic mass is 32.2. The summed E-state index contributed by atoms with van der Waals surface area (Å²) in [7, 11) is 0. The Morgan fingerprint density at radius 3 is 2.55 bits per heavy atom. The Morgan fingerprint density at radius 1 is 1.14 bits per heavy atom. The quantitative estimate of drug-likeness (QED) is 0.524. The molecule has 29 heavy (non-hydrogen) atoms. The van der Waals surface area contributed by atoms with E-state index in [2.05, 4.69) is 20.8 Å². The zero-order chi connectivity index (χ0) is 20.8. The first-order chi connectivity index (χ1) is 14.0. The van der Waals surface area contributed by atoms with E-state index in [4.69, 9.17) is 9.73 Å². The van der Waals surface area contributed by atoms with Crippen LogP contribution in [0.25, 0.3) is 6.08 Å². The topological polar surface area (TPSA) is 41.9 Å². The Bertz CT molecular complexity index is 917. The van der Waals surface area contributed by atoms with Gasteiger partial charge in [0.25, 0.3) is 5.91 Å². The number of carbonyl (C=O) groups is 1. The van der Waals surface area contributed by atoms with Crippen molar-refractivity contribution >= 4 is 34.6 Å². The third-order valence-corrected chi connectivity index (χ3v) is 5.38. The lowest BCUT2D eigenvalue weighted by molar-refractivity contribution is -0.122. The average molecular weight is 409 g/mol. The summed E-state index contributed by atoms with van der Waals surface area (Å²) in [6.45, 7) is 9.65. The van der Waals surface area contributed by atoms with Gasteiger partial charge >= 0.3 is 0 Å². The van der Waals surface area contributed by atoms with Gasteiger partial charge in [-0.1, -0.05) is 56.7 Å². The van der Waals surface area contributed by atoms with Crippen LogP contribution in [0.1, 0.15) is 38.3 Å². The van der Waals surface area contributed by atoms with Crippen molar-refractivity contribution < 1.29 is 9.53 Å². The second-order valence-electron chi connectivity index (χ2n) is 7.54. The predicted molar refractivity (Wildman–Crippen MR) is 123 cm³/mol. The van der Waals surface area contributed by atoms with Gasteiger partial charge in [0.2, 0.25) is 0 Å². The van der Waals surface area contributed by atoms with Crippen molar-refractivity contribution in [2.45, 2.75) is 34.1 Å². The number of carbonyl (C=O) groups excluding carboxylic acids is 1. The van der Waals surface area contributed by atoms with Crippen LogP contribution in [0, 0.1) is 12.8 Å². The first kappa shape index (κ1) is 21.2. The molecule has 2 aromatic carbocycles. The van der Waals surface area contributed by atoms with Gasteiger partial charge in [0.05, 0.1) is 17.2 Å². The highest BCUT2D eigenvalue weighted by molar-refractivity contribution is 8.18. The SMILES string of the molecule is CCCN1C(=O)/C(=C\c2ccccc2OCC(C)C)SC1=Nc1ccc(C)cc1. The van der Waals surface area contributed by atoms with Crippen molar-refractivity contribution in [3.05, 3.63) is 64.6 Å². The summed E-state index contributed by atoms with van der Waals surface area (Å²) < 4.78 is 5.94. The predicted octanol–water partition coefficient (Wildman–Crippen LogP) is 6.04. The Kier molecular flexibility index (Phi) is 7.15. The second kappa shape index (κ2) is 9.79. The van der Waals surface area contributed by atoms with Gasteiger partial charge in [0, 0.05) is 12.1 Å². The van der Waals surface area contributed by atoms with Gasteiger partial charge in [0.15, 0.2) is 5.17 Å². The maximum absolute atomic E-state index is 13.0. The van der Waals surface area contributed by atoms with E-state index in [0.29, 0.717) is 24.0 Å². The van der Waals surface area contributed by atoms with E-state index in [1.54, 1.807) is 4.90 Å². The molecule has 0 atom stereocenters. The van der Waals surface area contributed by atoms with Crippen LogP contribution >= 0.6 is 11.8 Å². The molecule has 1 amide bonds. The summed E-state index contributed by atoms with van der Waals surface area (Å²) in [6.07, 6.45) is 2.80. The maximum atomic E-state index is 13.0. The first-order valence-corrected chi connectivity index (χ1v) is 10.9. The summed E-state index contributed by atoms with van der Waals surface area (Å²) in [5.41, 5.74) is 2.96. The van der Waals surface area contributed by atoms with Gasteiger partial charge in [-0.15, -0.1) is 0 Å². The van der Waals surface area contributed by atoms with Crippen molar-refractivity contribution in [1.82, 2.24) is 4.90 Å². The van der Waals surface area contributed by atoms with Crippen molar-refractivity contribution in [2.24, 2.45) is 10.9 Å². The van der Waals surface area contributed by atoms with Crippen LogP contribution in [0.3, 0.4) is 0 Å². The number of hydrogen-bond acceptors (Lipinski definition) is 4. The molecule has 0 unspecified atom stereocenters. The number of ether oxygens (including phenoxy) is 1. The average Bonchev–Trinajstić information content (AvgIpc) is 2.98. The number of benzene rings is 2. The number of nitrogens with zero attached hydrogens (tertiary/aromatic N) is 2. The van der Waals surface area contributed by atoms with Gasteiger partial charge in [-0.05, 0) is 55.3 Å². The molecule has 0 bridgehead atoms. The molecule has 152 valence electrons. The number of para-hydroxylation sites is 1. The summed E-state index contributed by atoms with van der Waals surface area (Å²) in [6, 6.07) is 15.9. The fourth-order valence-corrected chi connectivity index (χ4v) is 3.89. The van der Waals surface area contributed by atoms with Gasteiger partial charge < -0.3 is 4.74 Å². The molecule has 0 saturated carbocycles. The summed E-state index contributed by atoms with van der Waals surface area (Å²) in [5, 5.41) is 0.729. The number of hydrogen-bond donors (Lipinski definition) is 0. The Labute approximate surface area is 177 Å². The molecule has 0 aliphatic carbocycles. The minimum absolute atomic E-state index is 0.00127. The minimum atomic E-state index is 0.00127. The third-order valence-electron chi connectivity index (χ3n) is 4.37. The van der Waals surface area contributed by atoms with Crippen molar-refractivity contribution in [1.29, 1.82) is 0 Å². The number of thioether (sulfide) groups is 1. The van der Waals surface area contributed by atoms with Crippen LogP contribution in [0.5, 0.6) is 5.75 Å². The summed E-state index contributed by atoms with van der Waals surface area (Å²) in [4.78, 5) is 20.2. The van der Waals surface area contributed by atoms with E-state index in [1.807, 2.05) is 61.5 Å². The van der Waals surface area contributed by atoms with Crippen LogP contribution in [-0.2, 0) is 4.79 Å². The molecule has 0 aromatic heterocycles. The smallest absolute Gasteiger partial charge is 0.266 e. The zero-order valence-corrected chi connectivity index (χ0v) is 18.3. The molecule has 2 aromatic rings. The lowest BCUT2D eigenvalue weighted by Crippen LogP contribution is -2.29. The van der Waals surface area contributed by atoms with Crippen molar-refractivity contribution in [3.8, 4) is 5.75 Å². The molecule has 1 saturated heterocycles. The van der Waals surface area contributed by atoms with E-state index in [9.17, 15) is 4.79 Å². The molecule has 3 rings (SSSR count). The lowest BCUT2D eigenvalue weighted by atomic mass is 10.1. The molecule has 0 N–H and O–H groups in total. The summed E-state index contributed by atoms with van der Waals surface area (Å²) >= 11 is 1.43. The highest BCUT2D eigenvalue weighted by Crippen LogP contribution is 2.35. The Balaban J connectivity index is 1.91. The maximum Gasteiger partial charge on any atom is 0.266 e. The third kappa shape index (κ3) is 5.51. The monoisotopic (exact) mass is 408 g/mol. The Hall–Kier alpha value is -2.53. The zero-order valence-electron chi connectivity index (χ0n) is 17.5. The van der Waals surface area contributed by atoms with Gasteiger partial charge in [-0.3, -0.25) is 9.69 Å². The number of amides is 1. The number of amidine groups is 1. The molecule has 1 heterocycles. The van der Waals surface area contributed by atoms with Crippen LogP contribution in [0.4, 0.5) is 5.69 Å². The molecule has 5 heteroatoms. The molecule has 1 aliphatic rings. The van der Waals surface area contributed by atoms with E-state index < -0.39 is 0 Å². The minimum Gasteiger partial charge on any atom is -0.493 e. The van der Waals surface area contributed by atoms with Gasteiger partial charge in [-0.25, -0.2) is 4.99 Å². The highest BCUT2D eigenvalue weighted by Gasteiger charge is 2.33. The standard InChI is InChI=1S/C24H28N2O2S/c1-5-14-26-23(27)22(29-24(26)25-20-12-10-18(4)11-13-20)15-19-8-6-7-9-21(19)28-16-17(2)3/h6-13,15,17H,5,14,16H2,1-4H3/b22-15+,25-24?. The fraction of sp³-hybridized carbons (Fsp3) is 0.333.